The zero-order chi connectivity index (χ0) is 13.5. The van der Waals surface area contributed by atoms with Crippen LogP contribution in [0, 0.1) is 5.92 Å². The summed E-state index contributed by atoms with van der Waals surface area (Å²) >= 11 is 0. The van der Waals surface area contributed by atoms with E-state index in [1.165, 1.54) is 11.1 Å². The molecule has 2 atom stereocenters. The lowest BCUT2D eigenvalue weighted by atomic mass is 10.0. The molecule has 0 aromatic carbocycles. The highest BCUT2D eigenvalue weighted by molar-refractivity contribution is 5.74. The standard InChI is InChI=1S/C16H26O2/c1-5-7-12(2)8-6-9-13(3)10-15-11-14(4)16(17)18-15/h7,9,14-15H,5-6,8,10-11H2,1-4H3/b12-7+,13-9+/t14-,15-/m0/s1. The fourth-order valence-electron chi connectivity index (χ4n) is 2.38. The van der Waals surface area contributed by atoms with Crippen molar-refractivity contribution < 1.29 is 9.53 Å². The highest BCUT2D eigenvalue weighted by atomic mass is 16.5. The molecule has 2 heteroatoms. The van der Waals surface area contributed by atoms with Crippen molar-refractivity contribution in [1.82, 2.24) is 0 Å². The fourth-order valence-corrected chi connectivity index (χ4v) is 2.38. The lowest BCUT2D eigenvalue weighted by Gasteiger charge is -2.09. The highest BCUT2D eigenvalue weighted by Crippen LogP contribution is 2.25. The van der Waals surface area contributed by atoms with Crippen molar-refractivity contribution in [2.75, 3.05) is 0 Å². The molecular formula is C16H26O2. The number of carbonyl (C=O) groups is 1. The third-order valence-corrected chi connectivity index (χ3v) is 3.44. The van der Waals surface area contributed by atoms with E-state index in [9.17, 15) is 4.79 Å². The van der Waals surface area contributed by atoms with E-state index in [1.807, 2.05) is 6.92 Å². The Morgan fingerprint density at radius 2 is 2.06 bits per heavy atom. The van der Waals surface area contributed by atoms with Crippen LogP contribution in [0.3, 0.4) is 0 Å². The van der Waals surface area contributed by atoms with Crippen LogP contribution in [0.25, 0.3) is 0 Å². The number of carbonyl (C=O) groups excluding carboxylic acids is 1. The van der Waals surface area contributed by atoms with Crippen molar-refractivity contribution in [3.63, 3.8) is 0 Å². The number of rotatable bonds is 6. The van der Waals surface area contributed by atoms with Crippen molar-refractivity contribution in [2.24, 2.45) is 5.92 Å². The number of esters is 1. The van der Waals surface area contributed by atoms with Crippen molar-refractivity contribution in [1.29, 1.82) is 0 Å². The molecule has 18 heavy (non-hydrogen) atoms. The van der Waals surface area contributed by atoms with E-state index in [1.54, 1.807) is 0 Å². The molecule has 102 valence electrons. The topological polar surface area (TPSA) is 26.3 Å². The molecule has 0 bridgehead atoms. The molecule has 1 heterocycles. The van der Waals surface area contributed by atoms with Gasteiger partial charge < -0.3 is 4.74 Å². The van der Waals surface area contributed by atoms with Gasteiger partial charge in [0.2, 0.25) is 0 Å². The summed E-state index contributed by atoms with van der Waals surface area (Å²) < 4.78 is 5.32. The van der Waals surface area contributed by atoms with E-state index in [0.29, 0.717) is 0 Å². The van der Waals surface area contributed by atoms with Crippen LogP contribution >= 0.6 is 0 Å². The van der Waals surface area contributed by atoms with E-state index in [0.717, 1.165) is 32.1 Å². The van der Waals surface area contributed by atoms with Gasteiger partial charge in [0.25, 0.3) is 0 Å². The molecule has 1 fully saturated rings. The molecule has 1 rings (SSSR count). The van der Waals surface area contributed by atoms with Gasteiger partial charge in [-0.25, -0.2) is 0 Å². The monoisotopic (exact) mass is 250 g/mol. The third kappa shape index (κ3) is 5.07. The smallest absolute Gasteiger partial charge is 0.309 e. The third-order valence-electron chi connectivity index (χ3n) is 3.44. The minimum Gasteiger partial charge on any atom is -0.462 e. The number of cyclic esters (lactones) is 1. The maximum atomic E-state index is 11.3. The predicted octanol–water partition coefficient (Wildman–Crippen LogP) is 4.41. The Morgan fingerprint density at radius 1 is 1.33 bits per heavy atom. The SMILES string of the molecule is CC/C=C(\C)CC/C=C(\C)C[C@H]1C[C@H](C)C(=O)O1. The van der Waals surface area contributed by atoms with Crippen LogP contribution in [-0.4, -0.2) is 12.1 Å². The summed E-state index contributed by atoms with van der Waals surface area (Å²) in [7, 11) is 0. The second-order valence-corrected chi connectivity index (χ2v) is 5.45. The number of ether oxygens (including phenoxy) is 1. The van der Waals surface area contributed by atoms with Gasteiger partial charge in [-0.05, 0) is 39.5 Å². The molecule has 0 radical (unpaired) electrons. The average Bonchev–Trinajstić information content (AvgIpc) is 2.58. The van der Waals surface area contributed by atoms with E-state index in [-0.39, 0.29) is 18.0 Å². The molecular weight excluding hydrogens is 224 g/mol. The van der Waals surface area contributed by atoms with Crippen LogP contribution in [0.5, 0.6) is 0 Å². The molecule has 0 amide bonds. The Bertz CT molecular complexity index is 339. The van der Waals surface area contributed by atoms with Crippen LogP contribution in [0.15, 0.2) is 23.3 Å². The van der Waals surface area contributed by atoms with Gasteiger partial charge in [0.05, 0.1) is 5.92 Å². The maximum absolute atomic E-state index is 11.3. The van der Waals surface area contributed by atoms with E-state index < -0.39 is 0 Å². The Hall–Kier alpha value is -1.05. The predicted molar refractivity (Wildman–Crippen MR) is 75.3 cm³/mol. The summed E-state index contributed by atoms with van der Waals surface area (Å²) in [5, 5.41) is 0. The Kier molecular flexibility index (Phi) is 6.17. The quantitative estimate of drug-likeness (QED) is 0.515. The molecule has 0 aromatic rings. The van der Waals surface area contributed by atoms with Crippen molar-refractivity contribution >= 4 is 5.97 Å². The minimum atomic E-state index is -0.0328. The molecule has 0 N–H and O–H groups in total. The van der Waals surface area contributed by atoms with Gasteiger partial charge in [0, 0.05) is 6.42 Å². The van der Waals surface area contributed by atoms with Gasteiger partial charge in [-0.15, -0.1) is 0 Å². The first-order valence-corrected chi connectivity index (χ1v) is 7.04. The van der Waals surface area contributed by atoms with Crippen molar-refractivity contribution in [3.8, 4) is 0 Å². The van der Waals surface area contributed by atoms with Crippen LogP contribution in [-0.2, 0) is 9.53 Å². The van der Waals surface area contributed by atoms with Gasteiger partial charge in [-0.3, -0.25) is 4.79 Å². The molecule has 0 aromatic heterocycles. The van der Waals surface area contributed by atoms with Crippen LogP contribution in [0.4, 0.5) is 0 Å². The van der Waals surface area contributed by atoms with Gasteiger partial charge in [-0.2, -0.15) is 0 Å². The first-order chi connectivity index (χ1) is 8.52. The molecule has 0 unspecified atom stereocenters. The molecule has 0 aliphatic carbocycles. The second-order valence-electron chi connectivity index (χ2n) is 5.45. The maximum Gasteiger partial charge on any atom is 0.309 e. The molecule has 2 nitrogen and oxygen atoms in total. The first-order valence-electron chi connectivity index (χ1n) is 7.04. The number of hydrogen-bond acceptors (Lipinski definition) is 2. The molecule has 1 saturated heterocycles. The van der Waals surface area contributed by atoms with Crippen molar-refractivity contribution in [2.45, 2.75) is 65.9 Å². The molecule has 0 saturated carbocycles. The number of hydrogen-bond donors (Lipinski definition) is 0. The normalized spacial score (nSPS) is 25.4. The Balaban J connectivity index is 2.30. The minimum absolute atomic E-state index is 0.0328. The number of allylic oxidation sites excluding steroid dienone is 3. The highest BCUT2D eigenvalue weighted by Gasteiger charge is 2.30. The summed E-state index contributed by atoms with van der Waals surface area (Å²) in [6.45, 7) is 8.43. The van der Waals surface area contributed by atoms with Crippen LogP contribution in [0.2, 0.25) is 0 Å². The summed E-state index contributed by atoms with van der Waals surface area (Å²) in [6.07, 6.45) is 9.77. The fraction of sp³-hybridized carbons (Fsp3) is 0.688. The lowest BCUT2D eigenvalue weighted by molar-refractivity contribution is -0.143. The van der Waals surface area contributed by atoms with Gasteiger partial charge in [-0.1, -0.05) is 37.1 Å². The van der Waals surface area contributed by atoms with E-state index >= 15 is 0 Å². The van der Waals surface area contributed by atoms with Gasteiger partial charge in [0.15, 0.2) is 0 Å². The first kappa shape index (κ1) is 15.0. The summed E-state index contributed by atoms with van der Waals surface area (Å²) in [5.74, 6) is 0.0482. The van der Waals surface area contributed by atoms with Gasteiger partial charge >= 0.3 is 5.97 Å². The van der Waals surface area contributed by atoms with Crippen LogP contribution in [0.1, 0.15) is 59.8 Å². The molecule has 0 spiro atoms. The Morgan fingerprint density at radius 3 is 2.61 bits per heavy atom. The average molecular weight is 250 g/mol. The zero-order valence-corrected chi connectivity index (χ0v) is 12.2. The lowest BCUT2D eigenvalue weighted by Crippen LogP contribution is -2.07. The van der Waals surface area contributed by atoms with Crippen LogP contribution < -0.4 is 0 Å². The summed E-state index contributed by atoms with van der Waals surface area (Å²) in [6, 6.07) is 0. The summed E-state index contributed by atoms with van der Waals surface area (Å²) in [4.78, 5) is 11.3. The largest absolute Gasteiger partial charge is 0.462 e. The van der Waals surface area contributed by atoms with E-state index in [2.05, 4.69) is 32.9 Å². The van der Waals surface area contributed by atoms with Crippen molar-refractivity contribution in [3.05, 3.63) is 23.3 Å². The molecule has 1 aliphatic rings. The summed E-state index contributed by atoms with van der Waals surface area (Å²) in [5.41, 5.74) is 2.80. The molecule has 1 aliphatic heterocycles. The zero-order valence-electron chi connectivity index (χ0n) is 12.2. The van der Waals surface area contributed by atoms with Gasteiger partial charge in [0.1, 0.15) is 6.10 Å². The Labute approximate surface area is 111 Å². The second kappa shape index (κ2) is 7.40. The van der Waals surface area contributed by atoms with E-state index in [4.69, 9.17) is 4.74 Å².